The Balaban J connectivity index is 2.69. The minimum atomic E-state index is 0.221. The highest BCUT2D eigenvalue weighted by Gasteiger charge is 2.10. The van der Waals surface area contributed by atoms with Crippen LogP contribution in [-0.2, 0) is 0 Å². The molecule has 0 radical (unpaired) electrons. The fraction of sp³-hybridized carbons (Fsp3) is 0.500. The van der Waals surface area contributed by atoms with Gasteiger partial charge in [0.25, 0.3) is 0 Å². The molecule has 72 valence electrons. The SMILES string of the molecule is CC(C)C(C)Oc1ccncc1Br. The second-order valence-electron chi connectivity index (χ2n) is 3.37. The van der Waals surface area contributed by atoms with Crippen molar-refractivity contribution in [3.63, 3.8) is 0 Å². The van der Waals surface area contributed by atoms with E-state index in [9.17, 15) is 0 Å². The Labute approximate surface area is 87.5 Å². The fourth-order valence-corrected chi connectivity index (χ4v) is 1.14. The Bertz CT molecular complexity index is 275. The number of hydrogen-bond acceptors (Lipinski definition) is 2. The molecule has 1 aromatic rings. The Morgan fingerprint density at radius 2 is 2.08 bits per heavy atom. The summed E-state index contributed by atoms with van der Waals surface area (Å²) in [5, 5.41) is 0. The molecule has 0 fully saturated rings. The summed E-state index contributed by atoms with van der Waals surface area (Å²) in [6.07, 6.45) is 3.69. The second kappa shape index (κ2) is 4.61. The predicted octanol–water partition coefficient (Wildman–Crippen LogP) is 3.27. The summed E-state index contributed by atoms with van der Waals surface area (Å²) in [7, 11) is 0. The molecule has 0 aromatic carbocycles. The first-order valence-corrected chi connectivity index (χ1v) is 5.16. The summed E-state index contributed by atoms with van der Waals surface area (Å²) in [6.45, 7) is 6.34. The van der Waals surface area contributed by atoms with Gasteiger partial charge in [0.2, 0.25) is 0 Å². The molecule has 2 nitrogen and oxygen atoms in total. The van der Waals surface area contributed by atoms with Gasteiger partial charge in [0.05, 0.1) is 10.6 Å². The number of nitrogens with zero attached hydrogens (tertiary/aromatic N) is 1. The Kier molecular flexibility index (Phi) is 3.72. The van der Waals surface area contributed by atoms with Crippen LogP contribution in [0.1, 0.15) is 20.8 Å². The third-order valence-electron chi connectivity index (χ3n) is 1.99. The highest BCUT2D eigenvalue weighted by atomic mass is 79.9. The third-order valence-corrected chi connectivity index (χ3v) is 2.58. The van der Waals surface area contributed by atoms with E-state index in [1.165, 1.54) is 0 Å². The molecule has 0 bridgehead atoms. The van der Waals surface area contributed by atoms with Crippen LogP contribution < -0.4 is 4.74 Å². The van der Waals surface area contributed by atoms with Crippen molar-refractivity contribution in [3.8, 4) is 5.75 Å². The zero-order valence-electron chi connectivity index (χ0n) is 8.12. The van der Waals surface area contributed by atoms with Crippen molar-refractivity contribution >= 4 is 15.9 Å². The van der Waals surface area contributed by atoms with Crippen molar-refractivity contribution in [2.45, 2.75) is 26.9 Å². The Hall–Kier alpha value is -0.570. The van der Waals surface area contributed by atoms with Gasteiger partial charge in [0.1, 0.15) is 5.75 Å². The Morgan fingerprint density at radius 3 is 2.62 bits per heavy atom. The van der Waals surface area contributed by atoms with Gasteiger partial charge >= 0.3 is 0 Å². The zero-order valence-corrected chi connectivity index (χ0v) is 9.71. The van der Waals surface area contributed by atoms with E-state index in [2.05, 4.69) is 41.7 Å². The van der Waals surface area contributed by atoms with Crippen molar-refractivity contribution in [2.24, 2.45) is 5.92 Å². The van der Waals surface area contributed by atoms with Crippen LogP contribution in [0.4, 0.5) is 0 Å². The van der Waals surface area contributed by atoms with Crippen LogP contribution in [0.3, 0.4) is 0 Å². The van der Waals surface area contributed by atoms with E-state index in [1.54, 1.807) is 12.4 Å². The van der Waals surface area contributed by atoms with Gasteiger partial charge in [-0.2, -0.15) is 0 Å². The number of halogens is 1. The van der Waals surface area contributed by atoms with Gasteiger partial charge < -0.3 is 4.74 Å². The molecule has 0 saturated carbocycles. The second-order valence-corrected chi connectivity index (χ2v) is 4.23. The maximum atomic E-state index is 5.72. The molecule has 0 aliphatic rings. The van der Waals surface area contributed by atoms with Crippen LogP contribution in [0.25, 0.3) is 0 Å². The largest absolute Gasteiger partial charge is 0.489 e. The van der Waals surface area contributed by atoms with Crippen LogP contribution in [0.2, 0.25) is 0 Å². The van der Waals surface area contributed by atoms with Crippen molar-refractivity contribution in [1.82, 2.24) is 4.98 Å². The number of rotatable bonds is 3. The van der Waals surface area contributed by atoms with Gasteiger partial charge in [-0.1, -0.05) is 13.8 Å². The lowest BCUT2D eigenvalue weighted by Gasteiger charge is -2.18. The summed E-state index contributed by atoms with van der Waals surface area (Å²) >= 11 is 3.39. The first kappa shape index (κ1) is 10.5. The smallest absolute Gasteiger partial charge is 0.136 e. The molecule has 0 N–H and O–H groups in total. The standard InChI is InChI=1S/C10H14BrNO/c1-7(2)8(3)13-10-4-5-12-6-9(10)11/h4-8H,1-3H3. The lowest BCUT2D eigenvalue weighted by atomic mass is 10.1. The third kappa shape index (κ3) is 2.99. The van der Waals surface area contributed by atoms with Crippen LogP contribution in [0.5, 0.6) is 5.75 Å². The molecule has 0 aliphatic heterocycles. The van der Waals surface area contributed by atoms with Gasteiger partial charge in [-0.25, -0.2) is 0 Å². The molecule has 0 spiro atoms. The molecule has 13 heavy (non-hydrogen) atoms. The fourth-order valence-electron chi connectivity index (χ4n) is 0.794. The normalized spacial score (nSPS) is 13.0. The molecule has 1 aromatic heterocycles. The number of ether oxygens (including phenoxy) is 1. The van der Waals surface area contributed by atoms with Crippen molar-refractivity contribution in [1.29, 1.82) is 0 Å². The van der Waals surface area contributed by atoms with Gasteiger partial charge in [0.15, 0.2) is 0 Å². The summed E-state index contributed by atoms with van der Waals surface area (Å²) < 4.78 is 6.62. The van der Waals surface area contributed by atoms with E-state index in [1.807, 2.05) is 6.07 Å². The van der Waals surface area contributed by atoms with Crippen LogP contribution in [-0.4, -0.2) is 11.1 Å². The summed E-state index contributed by atoms with van der Waals surface area (Å²) in [6, 6.07) is 1.86. The van der Waals surface area contributed by atoms with Gasteiger partial charge in [-0.3, -0.25) is 4.98 Å². The molecule has 1 atom stereocenters. The molecule has 0 amide bonds. The topological polar surface area (TPSA) is 22.1 Å². The minimum Gasteiger partial charge on any atom is -0.489 e. The van der Waals surface area contributed by atoms with Gasteiger partial charge in [-0.05, 0) is 34.8 Å². The average Bonchev–Trinajstić information content (AvgIpc) is 2.08. The summed E-state index contributed by atoms with van der Waals surface area (Å²) in [4.78, 5) is 3.97. The first-order valence-electron chi connectivity index (χ1n) is 4.37. The quantitative estimate of drug-likeness (QED) is 0.814. The van der Waals surface area contributed by atoms with Crippen molar-refractivity contribution in [2.75, 3.05) is 0 Å². The van der Waals surface area contributed by atoms with Gasteiger partial charge in [-0.15, -0.1) is 0 Å². The average molecular weight is 244 g/mol. The van der Waals surface area contributed by atoms with E-state index < -0.39 is 0 Å². The summed E-state index contributed by atoms with van der Waals surface area (Å²) in [5.41, 5.74) is 0. The Morgan fingerprint density at radius 1 is 1.38 bits per heavy atom. The molecule has 1 unspecified atom stereocenters. The summed E-state index contributed by atoms with van der Waals surface area (Å²) in [5.74, 6) is 1.37. The molecule has 0 aliphatic carbocycles. The first-order chi connectivity index (χ1) is 6.11. The number of hydrogen-bond donors (Lipinski definition) is 0. The van der Waals surface area contributed by atoms with E-state index in [0.717, 1.165) is 10.2 Å². The highest BCUT2D eigenvalue weighted by Crippen LogP contribution is 2.24. The molecular weight excluding hydrogens is 230 g/mol. The molecule has 1 rings (SSSR count). The van der Waals surface area contributed by atoms with E-state index in [0.29, 0.717) is 5.92 Å². The highest BCUT2D eigenvalue weighted by molar-refractivity contribution is 9.10. The predicted molar refractivity (Wildman–Crippen MR) is 56.9 cm³/mol. The van der Waals surface area contributed by atoms with Crippen LogP contribution >= 0.6 is 15.9 Å². The van der Waals surface area contributed by atoms with Gasteiger partial charge in [0, 0.05) is 12.4 Å². The molecule has 1 heterocycles. The minimum absolute atomic E-state index is 0.221. The zero-order chi connectivity index (χ0) is 9.84. The van der Waals surface area contributed by atoms with Crippen LogP contribution in [0, 0.1) is 5.92 Å². The molecular formula is C10H14BrNO. The maximum Gasteiger partial charge on any atom is 0.136 e. The molecule has 0 saturated heterocycles. The van der Waals surface area contributed by atoms with Crippen LogP contribution in [0.15, 0.2) is 22.9 Å². The molecule has 3 heteroatoms. The van der Waals surface area contributed by atoms with E-state index in [-0.39, 0.29) is 6.10 Å². The number of pyridine rings is 1. The van der Waals surface area contributed by atoms with Crippen molar-refractivity contribution in [3.05, 3.63) is 22.9 Å². The lowest BCUT2D eigenvalue weighted by molar-refractivity contribution is 0.169. The number of aromatic nitrogens is 1. The monoisotopic (exact) mass is 243 g/mol. The van der Waals surface area contributed by atoms with E-state index >= 15 is 0 Å². The lowest BCUT2D eigenvalue weighted by Crippen LogP contribution is -2.18. The maximum absolute atomic E-state index is 5.72. The van der Waals surface area contributed by atoms with E-state index in [4.69, 9.17) is 4.74 Å². The van der Waals surface area contributed by atoms with Crippen molar-refractivity contribution < 1.29 is 4.74 Å².